The van der Waals surface area contributed by atoms with E-state index in [0.717, 1.165) is 0 Å². The van der Waals surface area contributed by atoms with E-state index >= 15 is 0 Å². The lowest BCUT2D eigenvalue weighted by atomic mass is 9.84. The molecule has 0 N–H and O–H groups in total. The van der Waals surface area contributed by atoms with E-state index in [0.29, 0.717) is 11.3 Å². The van der Waals surface area contributed by atoms with Gasteiger partial charge < -0.3 is 0 Å². The van der Waals surface area contributed by atoms with Gasteiger partial charge in [-0.05, 0) is 122 Å². The number of thiophene rings is 1. The average molecular weight is 689 g/mol. The summed E-state index contributed by atoms with van der Waals surface area (Å²) in [6.07, 6.45) is 0. The van der Waals surface area contributed by atoms with Crippen LogP contribution in [0.1, 0.15) is 38.4 Å². The van der Waals surface area contributed by atoms with Gasteiger partial charge in [0.05, 0.1) is 38.4 Å². The quantitative estimate of drug-likeness (QED) is 0.162. The van der Waals surface area contributed by atoms with Crippen LogP contribution in [-0.4, -0.2) is 0 Å². The molecule has 0 saturated carbocycles. The largest absolute Gasteiger partial charge is 0.135 e. The van der Waals surface area contributed by atoms with Crippen molar-refractivity contribution in [3.05, 3.63) is 169 Å². The first-order chi connectivity index (χ1) is 37.0. The van der Waals surface area contributed by atoms with E-state index in [-0.39, 0.29) is 36.3 Å². The van der Waals surface area contributed by atoms with Crippen molar-refractivity contribution >= 4 is 96.1 Å². The first kappa shape index (κ1) is 12.2. The first-order valence-corrected chi connectivity index (χ1v) is 16.2. The molecule has 0 aliphatic rings. The Morgan fingerprint density at radius 3 is 1.47 bits per heavy atom. The predicted octanol–water partition coefficient (Wildman–Crippen LogP) is 14.9. The summed E-state index contributed by atoms with van der Waals surface area (Å²) in [5.41, 5.74) is -4.87. The Balaban J connectivity index is 1.39. The fourth-order valence-electron chi connectivity index (χ4n) is 6.83. The third kappa shape index (κ3) is 3.84. The van der Waals surface area contributed by atoms with Crippen LogP contribution in [0.5, 0.6) is 0 Å². The molecule has 234 valence electrons. The van der Waals surface area contributed by atoms with Crippen molar-refractivity contribution in [2.75, 3.05) is 0 Å². The van der Waals surface area contributed by atoms with Crippen LogP contribution < -0.4 is 0 Å². The van der Waals surface area contributed by atoms with E-state index in [1.54, 1.807) is 0 Å². The summed E-state index contributed by atoms with van der Waals surface area (Å²) < 4.78 is 259. The van der Waals surface area contributed by atoms with Gasteiger partial charge in [-0.25, -0.2) is 0 Å². The fraction of sp³-hybridized carbons (Fsp3) is 0. The molecule has 0 fully saturated rings. The zero-order valence-electron chi connectivity index (χ0n) is 53.4. The number of benzene rings is 11. The summed E-state index contributed by atoms with van der Waals surface area (Å²) in [6, 6.07) is -23.1. The van der Waals surface area contributed by atoms with Crippen LogP contribution >= 0.6 is 11.3 Å². The molecule has 12 aromatic rings. The smallest absolute Gasteiger partial charge is 0.0638 e. The maximum Gasteiger partial charge on any atom is 0.0638 e. The Morgan fingerprint density at radius 1 is 0.294 bits per heavy atom. The highest BCUT2D eigenvalue weighted by Gasteiger charge is 2.19. The molecule has 0 unspecified atom stereocenters. The molecule has 1 heteroatoms. The molecule has 0 aliphatic heterocycles. The Morgan fingerprint density at radius 2 is 0.784 bits per heavy atom. The van der Waals surface area contributed by atoms with E-state index in [9.17, 15) is 19.2 Å². The van der Waals surface area contributed by atoms with Gasteiger partial charge >= 0.3 is 0 Å². The van der Waals surface area contributed by atoms with Crippen molar-refractivity contribution < 1.29 is 38.4 Å². The van der Waals surface area contributed by atoms with Gasteiger partial charge in [0.2, 0.25) is 0 Å². The molecule has 0 saturated heterocycles. The normalized spacial score (nSPS) is 20.0. The highest BCUT2D eigenvalue weighted by molar-refractivity contribution is 7.25. The Labute approximate surface area is 337 Å². The third-order valence-corrected chi connectivity index (χ3v) is 10.1. The monoisotopic (exact) mass is 688 g/mol. The standard InChI is InChI=1S/C50H28S/c1-2-10-45-40(9-1)44-28-36(20-26-46(44)51-45)38-22-19-35(37-21-15-33-13-11-29-5-3-7-31-17-24-41(37)49(33)47(29)31)27-43(38)39-23-16-34-14-12-30-6-4-8-32-18-25-42(39)50(34)48(30)32/h1-28H/i1D,2D,3D,4D,5D,6D,7D,8D,9D,10D,11D,12D,13D,14D,15D,16D,17D,18D,19D,20D,21D,22D,23D,24D,25D,26D,27D,28D. The maximum atomic E-state index is 10.4. The van der Waals surface area contributed by atoms with Crippen LogP contribution in [0.2, 0.25) is 0 Å². The van der Waals surface area contributed by atoms with E-state index in [1.807, 2.05) is 0 Å². The van der Waals surface area contributed by atoms with Gasteiger partial charge in [0, 0.05) is 20.2 Å². The molecule has 0 atom stereocenters. The first-order valence-electron chi connectivity index (χ1n) is 29.4. The Kier molecular flexibility index (Phi) is 2.42. The van der Waals surface area contributed by atoms with Crippen molar-refractivity contribution in [2.24, 2.45) is 0 Å². The van der Waals surface area contributed by atoms with E-state index in [2.05, 4.69) is 0 Å². The van der Waals surface area contributed by atoms with Crippen LogP contribution in [0, 0.1) is 0 Å². The summed E-state index contributed by atoms with van der Waals surface area (Å²) in [4.78, 5) is 0. The highest BCUT2D eigenvalue weighted by Crippen LogP contribution is 2.46. The fourth-order valence-corrected chi connectivity index (χ4v) is 7.75. The second-order valence-electron chi connectivity index (χ2n) is 11.8. The summed E-state index contributed by atoms with van der Waals surface area (Å²) in [5.74, 6) is 0. The number of hydrogen-bond acceptors (Lipinski definition) is 1. The number of hydrogen-bond donors (Lipinski definition) is 0. The van der Waals surface area contributed by atoms with Crippen LogP contribution in [0.25, 0.3) is 118 Å². The zero-order chi connectivity index (χ0) is 57.6. The second kappa shape index (κ2) is 10.1. The van der Waals surface area contributed by atoms with Gasteiger partial charge in [0.15, 0.2) is 0 Å². The lowest BCUT2D eigenvalue weighted by Crippen LogP contribution is -1.92. The maximum absolute atomic E-state index is 10.4. The summed E-state index contributed by atoms with van der Waals surface area (Å²) in [5, 5.41) is -6.09. The van der Waals surface area contributed by atoms with Crippen molar-refractivity contribution in [3.63, 3.8) is 0 Å². The molecule has 0 nitrogen and oxygen atoms in total. The molecule has 0 aliphatic carbocycles. The molecule has 1 aromatic heterocycles. The number of rotatable bonds is 3. The molecule has 51 heavy (non-hydrogen) atoms. The average Bonchev–Trinajstić information content (AvgIpc) is 2.63. The lowest BCUT2D eigenvalue weighted by molar-refractivity contribution is 1.61. The van der Waals surface area contributed by atoms with Crippen LogP contribution in [-0.2, 0) is 0 Å². The van der Waals surface area contributed by atoms with Gasteiger partial charge in [-0.2, -0.15) is 0 Å². The van der Waals surface area contributed by atoms with Gasteiger partial charge in [-0.1, -0.05) is 145 Å². The molecule has 0 bridgehead atoms. The van der Waals surface area contributed by atoms with Crippen molar-refractivity contribution in [3.8, 4) is 33.4 Å². The molecule has 11 aromatic carbocycles. The molecule has 0 amide bonds. The SMILES string of the molecule is [2H]c1c([2H])c(-c2c([2H])c([2H])c3sc4c([2H])c([2H])c([2H])c([2H])c4c3c2[2H])c(-c2c([2H])c([2H])c3c([2H])c([2H])c4c([2H])c([2H])c([2H])c5c([2H])c([2H])c2c3c45)c([2H])c1-c1c([2H])c([2H])c2c([2H])c([2H])c3c([2H])c([2H])c([2H])c4c([2H])c([2H])c1c2c34. The van der Waals surface area contributed by atoms with Gasteiger partial charge in [-0.15, -0.1) is 11.3 Å². The van der Waals surface area contributed by atoms with E-state index < -0.39 is 251 Å². The minimum atomic E-state index is -1.10. The third-order valence-electron chi connectivity index (χ3n) is 9.07. The lowest BCUT2D eigenvalue weighted by Gasteiger charge is -2.19. The summed E-state index contributed by atoms with van der Waals surface area (Å²) >= 11 is 0.661. The minimum absolute atomic E-state index is 0.131. The van der Waals surface area contributed by atoms with Gasteiger partial charge in [0.1, 0.15) is 0 Å². The van der Waals surface area contributed by atoms with Crippen molar-refractivity contribution in [1.29, 1.82) is 0 Å². The molecule has 0 spiro atoms. The highest BCUT2D eigenvalue weighted by atomic mass is 32.1. The summed E-state index contributed by atoms with van der Waals surface area (Å²) in [6.45, 7) is 0. The van der Waals surface area contributed by atoms with Crippen LogP contribution in [0.4, 0.5) is 0 Å². The van der Waals surface area contributed by atoms with Crippen molar-refractivity contribution in [1.82, 2.24) is 0 Å². The molecule has 1 heterocycles. The Hall–Kier alpha value is -6.28. The molecule has 0 radical (unpaired) electrons. The molecular weight excluding hydrogens is 633 g/mol. The van der Waals surface area contributed by atoms with Crippen LogP contribution in [0.3, 0.4) is 0 Å². The zero-order valence-corrected chi connectivity index (χ0v) is 26.2. The molecule has 12 rings (SSSR count). The number of fused-ring (bicyclic) bond motifs is 3. The van der Waals surface area contributed by atoms with Crippen molar-refractivity contribution in [2.45, 2.75) is 0 Å². The topological polar surface area (TPSA) is 0 Å². The van der Waals surface area contributed by atoms with Crippen LogP contribution in [0.15, 0.2) is 169 Å². The summed E-state index contributed by atoms with van der Waals surface area (Å²) in [7, 11) is 0. The van der Waals surface area contributed by atoms with E-state index in [4.69, 9.17) is 19.2 Å². The van der Waals surface area contributed by atoms with E-state index in [1.165, 1.54) is 0 Å². The predicted molar refractivity (Wildman–Crippen MR) is 223 cm³/mol. The Bertz CT molecular complexity index is 4930. The molecular formula is C50H28S. The van der Waals surface area contributed by atoms with Gasteiger partial charge in [0.25, 0.3) is 0 Å². The van der Waals surface area contributed by atoms with Gasteiger partial charge in [-0.3, -0.25) is 0 Å². The second-order valence-corrected chi connectivity index (χ2v) is 12.8. The minimum Gasteiger partial charge on any atom is -0.135 e.